The van der Waals surface area contributed by atoms with Crippen LogP contribution in [0, 0.1) is 18.8 Å². The number of hydrogen-bond acceptors (Lipinski definition) is 2. The second-order valence-electron chi connectivity index (χ2n) is 6.23. The molecule has 1 aromatic rings. The number of carbonyl (C=O) groups excluding carboxylic acids is 1. The highest BCUT2D eigenvalue weighted by atomic mass is 32.2. The molecule has 2 nitrogen and oxygen atoms in total. The summed E-state index contributed by atoms with van der Waals surface area (Å²) in [7, 11) is -1.17. The zero-order chi connectivity index (χ0) is 14.1. The van der Waals surface area contributed by atoms with Crippen LogP contribution < -0.4 is 0 Å². The zero-order valence-corrected chi connectivity index (χ0v) is 12.8. The van der Waals surface area contributed by atoms with Gasteiger partial charge in [-0.1, -0.05) is 30.5 Å². The van der Waals surface area contributed by atoms with E-state index in [1.165, 1.54) is 12.8 Å². The molecule has 20 heavy (non-hydrogen) atoms. The smallest absolute Gasteiger partial charge is 0.152 e. The van der Waals surface area contributed by atoms with Crippen LogP contribution in [0.5, 0.6) is 0 Å². The molecule has 108 valence electrons. The van der Waals surface area contributed by atoms with E-state index in [0.717, 1.165) is 36.1 Å². The number of hydrogen-bond donors (Lipinski definition) is 0. The first kappa shape index (κ1) is 14.0. The first-order valence-corrected chi connectivity index (χ1v) is 8.89. The average molecular weight is 290 g/mol. The fraction of sp³-hybridized carbons (Fsp3) is 0.588. The molecule has 0 spiro atoms. The maximum atomic E-state index is 12.7. The van der Waals surface area contributed by atoms with Gasteiger partial charge in [0.15, 0.2) is 5.78 Å². The molecule has 0 bridgehead atoms. The van der Waals surface area contributed by atoms with Gasteiger partial charge >= 0.3 is 0 Å². The number of Topliss-reactive ketones (excluding diaryl/α,β-unsaturated/α-hetero) is 1. The number of fused-ring (bicyclic) bond motifs is 1. The molecule has 0 radical (unpaired) electrons. The van der Waals surface area contributed by atoms with Crippen molar-refractivity contribution in [3.05, 3.63) is 29.8 Å². The Balaban J connectivity index is 1.78. The van der Waals surface area contributed by atoms with Crippen LogP contribution in [0.15, 0.2) is 29.2 Å². The van der Waals surface area contributed by atoms with Crippen molar-refractivity contribution in [2.45, 2.75) is 55.6 Å². The van der Waals surface area contributed by atoms with E-state index in [1.54, 1.807) is 0 Å². The van der Waals surface area contributed by atoms with Crippen molar-refractivity contribution < 1.29 is 9.00 Å². The van der Waals surface area contributed by atoms with Crippen molar-refractivity contribution in [1.29, 1.82) is 0 Å². The molecule has 3 rings (SSSR count). The molecule has 0 saturated heterocycles. The topological polar surface area (TPSA) is 34.1 Å². The first-order valence-electron chi connectivity index (χ1n) is 7.68. The quantitative estimate of drug-likeness (QED) is 0.833. The van der Waals surface area contributed by atoms with E-state index < -0.39 is 10.8 Å². The standard InChI is InChI=1S/C17H22O2S/c1-12-6-9-14(10-7-12)20(19)16-11-8-13-4-2-3-5-15(13)17(16)18/h6-7,9-10,13,15-16H,2-5,8,11H2,1H3. The Hall–Kier alpha value is -0.960. The van der Waals surface area contributed by atoms with Gasteiger partial charge in [0.2, 0.25) is 0 Å². The minimum Gasteiger partial charge on any atom is -0.298 e. The predicted molar refractivity (Wildman–Crippen MR) is 81.1 cm³/mol. The third kappa shape index (κ3) is 2.60. The molecule has 2 fully saturated rings. The van der Waals surface area contributed by atoms with Crippen LogP contribution in [0.3, 0.4) is 0 Å². The summed E-state index contributed by atoms with van der Waals surface area (Å²) in [6.07, 6.45) is 6.53. The average Bonchev–Trinajstić information content (AvgIpc) is 2.48. The van der Waals surface area contributed by atoms with Crippen LogP contribution in [-0.2, 0) is 15.6 Å². The second-order valence-corrected chi connectivity index (χ2v) is 7.87. The lowest BCUT2D eigenvalue weighted by Crippen LogP contribution is -2.42. The number of benzene rings is 1. The lowest BCUT2D eigenvalue weighted by molar-refractivity contribution is -0.127. The molecule has 2 saturated carbocycles. The highest BCUT2D eigenvalue weighted by Gasteiger charge is 2.41. The largest absolute Gasteiger partial charge is 0.298 e. The monoisotopic (exact) mass is 290 g/mol. The van der Waals surface area contributed by atoms with Crippen molar-refractivity contribution in [3.8, 4) is 0 Å². The normalized spacial score (nSPS) is 31.6. The van der Waals surface area contributed by atoms with Gasteiger partial charge < -0.3 is 0 Å². The fourth-order valence-electron chi connectivity index (χ4n) is 3.72. The molecule has 4 atom stereocenters. The molecule has 0 aromatic heterocycles. The van der Waals surface area contributed by atoms with E-state index in [9.17, 15) is 9.00 Å². The maximum absolute atomic E-state index is 12.7. The van der Waals surface area contributed by atoms with Crippen LogP contribution in [0.25, 0.3) is 0 Å². The van der Waals surface area contributed by atoms with E-state index in [2.05, 4.69) is 0 Å². The van der Waals surface area contributed by atoms with Crippen LogP contribution in [0.4, 0.5) is 0 Å². The van der Waals surface area contributed by atoms with Gasteiger partial charge in [-0.2, -0.15) is 0 Å². The number of rotatable bonds is 2. The number of ketones is 1. The number of carbonyl (C=O) groups is 1. The van der Waals surface area contributed by atoms with E-state index in [-0.39, 0.29) is 17.0 Å². The highest BCUT2D eigenvalue weighted by molar-refractivity contribution is 7.86. The second kappa shape index (κ2) is 5.80. The van der Waals surface area contributed by atoms with Gasteiger partial charge in [-0.25, -0.2) is 0 Å². The van der Waals surface area contributed by atoms with E-state index in [4.69, 9.17) is 0 Å². The lowest BCUT2D eigenvalue weighted by atomic mass is 9.70. The van der Waals surface area contributed by atoms with Crippen LogP contribution >= 0.6 is 0 Å². The van der Waals surface area contributed by atoms with Crippen LogP contribution in [-0.4, -0.2) is 15.2 Å². The van der Waals surface area contributed by atoms with E-state index >= 15 is 0 Å². The Morgan fingerprint density at radius 2 is 1.70 bits per heavy atom. The van der Waals surface area contributed by atoms with Gasteiger partial charge in [0.1, 0.15) is 0 Å². The SMILES string of the molecule is Cc1ccc(S(=O)C2CCC3CCCCC3C2=O)cc1. The lowest BCUT2D eigenvalue weighted by Gasteiger charge is -2.37. The van der Waals surface area contributed by atoms with Gasteiger partial charge in [0, 0.05) is 10.8 Å². The third-order valence-electron chi connectivity index (χ3n) is 4.90. The van der Waals surface area contributed by atoms with Gasteiger partial charge in [-0.3, -0.25) is 9.00 Å². The molecule has 0 aliphatic heterocycles. The van der Waals surface area contributed by atoms with E-state index in [1.807, 2.05) is 31.2 Å². The van der Waals surface area contributed by atoms with Gasteiger partial charge in [0.25, 0.3) is 0 Å². The first-order chi connectivity index (χ1) is 9.66. The van der Waals surface area contributed by atoms with Crippen LogP contribution in [0.2, 0.25) is 0 Å². The Bertz CT molecular complexity index is 520. The molecular weight excluding hydrogens is 268 g/mol. The molecule has 0 N–H and O–H groups in total. The van der Waals surface area contributed by atoms with Crippen molar-refractivity contribution >= 4 is 16.6 Å². The van der Waals surface area contributed by atoms with E-state index in [0.29, 0.717) is 5.92 Å². The molecule has 1 aromatic carbocycles. The Morgan fingerprint density at radius 1 is 1.00 bits per heavy atom. The van der Waals surface area contributed by atoms with Crippen LogP contribution in [0.1, 0.15) is 44.1 Å². The number of aryl methyl sites for hydroxylation is 1. The summed E-state index contributed by atoms with van der Waals surface area (Å²) < 4.78 is 12.7. The molecule has 0 heterocycles. The summed E-state index contributed by atoms with van der Waals surface area (Å²) >= 11 is 0. The van der Waals surface area contributed by atoms with Gasteiger partial charge in [0.05, 0.1) is 16.0 Å². The fourth-order valence-corrected chi connectivity index (χ4v) is 5.19. The molecule has 2 aliphatic rings. The summed E-state index contributed by atoms with van der Waals surface area (Å²) in [6, 6.07) is 7.77. The summed E-state index contributed by atoms with van der Waals surface area (Å²) in [6.45, 7) is 2.02. The summed E-state index contributed by atoms with van der Waals surface area (Å²) in [4.78, 5) is 13.5. The minimum atomic E-state index is -1.17. The molecule has 2 aliphatic carbocycles. The Labute approximate surface area is 123 Å². The van der Waals surface area contributed by atoms with Crippen molar-refractivity contribution in [3.63, 3.8) is 0 Å². The molecule has 4 unspecified atom stereocenters. The van der Waals surface area contributed by atoms with Gasteiger partial charge in [-0.05, 0) is 50.7 Å². The molecular formula is C17H22O2S. The zero-order valence-electron chi connectivity index (χ0n) is 12.0. The summed E-state index contributed by atoms with van der Waals surface area (Å²) in [5.74, 6) is 1.04. The van der Waals surface area contributed by atoms with Crippen molar-refractivity contribution in [2.75, 3.05) is 0 Å². The predicted octanol–water partition coefficient (Wildman–Crippen LogP) is 3.64. The molecule has 3 heteroatoms. The molecule has 0 amide bonds. The Morgan fingerprint density at radius 3 is 2.45 bits per heavy atom. The minimum absolute atomic E-state index is 0.192. The third-order valence-corrected chi connectivity index (χ3v) is 6.62. The van der Waals surface area contributed by atoms with Crippen molar-refractivity contribution in [1.82, 2.24) is 0 Å². The van der Waals surface area contributed by atoms with Crippen molar-refractivity contribution in [2.24, 2.45) is 11.8 Å². The highest BCUT2D eigenvalue weighted by Crippen LogP contribution is 2.40. The summed E-state index contributed by atoms with van der Waals surface area (Å²) in [5, 5.41) is -0.267. The maximum Gasteiger partial charge on any atom is 0.152 e. The Kier molecular flexibility index (Phi) is 4.06. The van der Waals surface area contributed by atoms with Gasteiger partial charge in [-0.15, -0.1) is 0 Å². The summed E-state index contributed by atoms with van der Waals surface area (Å²) in [5.41, 5.74) is 1.16.